The van der Waals surface area contributed by atoms with Gasteiger partial charge >= 0.3 is 0 Å². The lowest BCUT2D eigenvalue weighted by Crippen LogP contribution is -1.95. The molecule has 0 radical (unpaired) electrons. The Hall–Kier alpha value is -0.560. The maximum Gasteiger partial charge on any atom is 0.0207 e. The predicted octanol–water partition coefficient (Wildman–Crippen LogP) is 4.44. The molecule has 0 bridgehead atoms. The number of halogens is 1. The van der Waals surface area contributed by atoms with E-state index in [0.717, 1.165) is 6.42 Å². The van der Waals surface area contributed by atoms with Gasteiger partial charge in [0, 0.05) is 4.47 Å². The van der Waals surface area contributed by atoms with E-state index in [9.17, 15) is 0 Å². The molecule has 1 heteroatoms. The molecule has 0 N–H and O–H groups in total. The molecule has 0 saturated heterocycles. The summed E-state index contributed by atoms with van der Waals surface area (Å²) in [5.74, 6) is 0.565. The lowest BCUT2D eigenvalue weighted by molar-refractivity contribution is 0.774. The highest BCUT2D eigenvalue weighted by atomic mass is 79.9. The Morgan fingerprint density at radius 1 is 1.54 bits per heavy atom. The van der Waals surface area contributed by atoms with Crippen molar-refractivity contribution in [2.24, 2.45) is 0 Å². The average molecular weight is 239 g/mol. The van der Waals surface area contributed by atoms with Crippen molar-refractivity contribution in [2.75, 3.05) is 0 Å². The van der Waals surface area contributed by atoms with E-state index in [0.29, 0.717) is 5.92 Å². The van der Waals surface area contributed by atoms with Crippen molar-refractivity contribution in [3.63, 3.8) is 0 Å². The second kappa shape index (κ2) is 4.61. The molecule has 1 atom stereocenters. The molecule has 0 fully saturated rings. The number of hydrogen-bond acceptors (Lipinski definition) is 0. The molecule has 0 heterocycles. The molecule has 0 nitrogen and oxygen atoms in total. The molecule has 0 amide bonds. The first kappa shape index (κ1) is 10.5. The summed E-state index contributed by atoms with van der Waals surface area (Å²) >= 11 is 3.54. The van der Waals surface area contributed by atoms with E-state index < -0.39 is 0 Å². The minimum absolute atomic E-state index is 0.565. The summed E-state index contributed by atoms with van der Waals surface area (Å²) in [5, 5.41) is 0. The van der Waals surface area contributed by atoms with Gasteiger partial charge in [-0.15, -0.1) is 6.58 Å². The van der Waals surface area contributed by atoms with Crippen LogP contribution in [-0.4, -0.2) is 0 Å². The van der Waals surface area contributed by atoms with Crippen LogP contribution in [0.3, 0.4) is 0 Å². The maximum absolute atomic E-state index is 3.77. The van der Waals surface area contributed by atoms with Crippen molar-refractivity contribution < 1.29 is 0 Å². The van der Waals surface area contributed by atoms with Crippen molar-refractivity contribution in [1.29, 1.82) is 0 Å². The predicted molar refractivity (Wildman–Crippen MR) is 62.1 cm³/mol. The summed E-state index contributed by atoms with van der Waals surface area (Å²) in [4.78, 5) is 0. The molecule has 0 saturated carbocycles. The highest BCUT2D eigenvalue weighted by Crippen LogP contribution is 2.27. The van der Waals surface area contributed by atoms with Crippen LogP contribution in [-0.2, 0) is 0 Å². The number of hydrogen-bond donors (Lipinski definition) is 0. The smallest absolute Gasteiger partial charge is 0.0207 e. The molecule has 1 aromatic rings. The summed E-state index contributed by atoms with van der Waals surface area (Å²) in [6, 6.07) is 6.36. The van der Waals surface area contributed by atoms with Gasteiger partial charge < -0.3 is 0 Å². The van der Waals surface area contributed by atoms with Gasteiger partial charge in [-0.1, -0.05) is 41.1 Å². The lowest BCUT2D eigenvalue weighted by atomic mass is 9.94. The SMILES string of the molecule is C=CCC(C)c1cccc(Br)c1C. The molecule has 0 spiro atoms. The Labute approximate surface area is 88.8 Å². The molecule has 1 rings (SSSR count). The van der Waals surface area contributed by atoms with Crippen molar-refractivity contribution in [1.82, 2.24) is 0 Å². The number of rotatable bonds is 3. The largest absolute Gasteiger partial charge is 0.103 e. The third-order valence-corrected chi connectivity index (χ3v) is 3.22. The van der Waals surface area contributed by atoms with Crippen LogP contribution in [0.2, 0.25) is 0 Å². The monoisotopic (exact) mass is 238 g/mol. The van der Waals surface area contributed by atoms with Gasteiger partial charge in [0.15, 0.2) is 0 Å². The van der Waals surface area contributed by atoms with Crippen molar-refractivity contribution in [2.45, 2.75) is 26.2 Å². The van der Waals surface area contributed by atoms with Crippen LogP contribution in [0.25, 0.3) is 0 Å². The van der Waals surface area contributed by atoms with Crippen LogP contribution in [0.4, 0.5) is 0 Å². The molecule has 0 aliphatic carbocycles. The first-order valence-corrected chi connectivity index (χ1v) is 5.32. The van der Waals surface area contributed by atoms with Crippen LogP contribution in [0.1, 0.15) is 30.4 Å². The van der Waals surface area contributed by atoms with E-state index in [1.54, 1.807) is 0 Å². The molecular weight excluding hydrogens is 224 g/mol. The van der Waals surface area contributed by atoms with Gasteiger partial charge in [0.1, 0.15) is 0 Å². The van der Waals surface area contributed by atoms with E-state index in [-0.39, 0.29) is 0 Å². The summed E-state index contributed by atoms with van der Waals surface area (Å²) in [7, 11) is 0. The van der Waals surface area contributed by atoms with Gasteiger partial charge in [0.05, 0.1) is 0 Å². The van der Waals surface area contributed by atoms with Crippen LogP contribution in [0.15, 0.2) is 35.3 Å². The van der Waals surface area contributed by atoms with Gasteiger partial charge in [-0.25, -0.2) is 0 Å². The maximum atomic E-state index is 3.77. The fourth-order valence-electron chi connectivity index (χ4n) is 1.53. The van der Waals surface area contributed by atoms with Crippen LogP contribution in [0.5, 0.6) is 0 Å². The third kappa shape index (κ3) is 2.44. The van der Waals surface area contributed by atoms with E-state index in [2.05, 4.69) is 54.6 Å². The first-order valence-electron chi connectivity index (χ1n) is 4.52. The lowest BCUT2D eigenvalue weighted by Gasteiger charge is -2.13. The Bertz CT molecular complexity index is 302. The Balaban J connectivity index is 3.00. The molecule has 0 aliphatic rings. The van der Waals surface area contributed by atoms with E-state index in [4.69, 9.17) is 0 Å². The van der Waals surface area contributed by atoms with E-state index in [1.165, 1.54) is 15.6 Å². The molecule has 0 aromatic heterocycles. The van der Waals surface area contributed by atoms with Gasteiger partial charge in [-0.2, -0.15) is 0 Å². The second-order valence-electron chi connectivity index (χ2n) is 3.38. The quantitative estimate of drug-likeness (QED) is 0.684. The number of benzene rings is 1. The standard InChI is InChI=1S/C12H15Br/c1-4-6-9(2)11-7-5-8-12(13)10(11)3/h4-5,7-9H,1,6H2,2-3H3. The van der Waals surface area contributed by atoms with Crippen LogP contribution < -0.4 is 0 Å². The van der Waals surface area contributed by atoms with Gasteiger partial charge in [-0.05, 0) is 36.5 Å². The summed E-state index contributed by atoms with van der Waals surface area (Å²) in [6.07, 6.45) is 3.02. The minimum atomic E-state index is 0.565. The zero-order valence-electron chi connectivity index (χ0n) is 8.18. The minimum Gasteiger partial charge on any atom is -0.103 e. The average Bonchev–Trinajstić information content (AvgIpc) is 2.10. The van der Waals surface area contributed by atoms with Gasteiger partial charge in [0.25, 0.3) is 0 Å². The molecule has 1 aromatic carbocycles. The van der Waals surface area contributed by atoms with Crippen molar-refractivity contribution in [3.8, 4) is 0 Å². The van der Waals surface area contributed by atoms with Gasteiger partial charge in [0.2, 0.25) is 0 Å². The normalized spacial score (nSPS) is 12.5. The molecule has 0 aliphatic heterocycles. The van der Waals surface area contributed by atoms with Gasteiger partial charge in [-0.3, -0.25) is 0 Å². The first-order chi connectivity index (χ1) is 6.16. The van der Waals surface area contributed by atoms with E-state index in [1.807, 2.05) is 6.08 Å². The van der Waals surface area contributed by atoms with Crippen LogP contribution >= 0.6 is 15.9 Å². The molecule has 1 unspecified atom stereocenters. The molecule has 13 heavy (non-hydrogen) atoms. The van der Waals surface area contributed by atoms with E-state index >= 15 is 0 Å². The Kier molecular flexibility index (Phi) is 3.73. The molecular formula is C12H15Br. The second-order valence-corrected chi connectivity index (χ2v) is 4.23. The topological polar surface area (TPSA) is 0 Å². The van der Waals surface area contributed by atoms with Crippen molar-refractivity contribution >= 4 is 15.9 Å². The summed E-state index contributed by atoms with van der Waals surface area (Å²) < 4.78 is 1.20. The Morgan fingerprint density at radius 3 is 2.85 bits per heavy atom. The highest BCUT2D eigenvalue weighted by Gasteiger charge is 2.07. The van der Waals surface area contributed by atoms with Crippen molar-refractivity contribution in [3.05, 3.63) is 46.5 Å². The zero-order chi connectivity index (χ0) is 9.84. The fourth-order valence-corrected chi connectivity index (χ4v) is 1.92. The third-order valence-electron chi connectivity index (χ3n) is 2.36. The Morgan fingerprint density at radius 2 is 2.23 bits per heavy atom. The fraction of sp³-hybridized carbons (Fsp3) is 0.333. The number of allylic oxidation sites excluding steroid dienone is 1. The highest BCUT2D eigenvalue weighted by molar-refractivity contribution is 9.10. The van der Waals surface area contributed by atoms with Crippen LogP contribution in [0, 0.1) is 6.92 Å². The summed E-state index contributed by atoms with van der Waals surface area (Å²) in [6.45, 7) is 8.15. The summed E-state index contributed by atoms with van der Waals surface area (Å²) in [5.41, 5.74) is 2.76. The zero-order valence-corrected chi connectivity index (χ0v) is 9.76. The molecule has 70 valence electrons.